The zero-order valence-electron chi connectivity index (χ0n) is 19.9. The van der Waals surface area contributed by atoms with Crippen LogP contribution in [0.15, 0.2) is 41.3 Å². The molecule has 3 unspecified atom stereocenters. The van der Waals surface area contributed by atoms with Crippen molar-refractivity contribution in [1.82, 2.24) is 4.90 Å². The molecule has 8 heteroatoms. The zero-order chi connectivity index (χ0) is 24.3. The molecule has 180 valence electrons. The van der Waals surface area contributed by atoms with Crippen LogP contribution in [0.3, 0.4) is 0 Å². The van der Waals surface area contributed by atoms with E-state index < -0.39 is 15.8 Å². The summed E-state index contributed by atoms with van der Waals surface area (Å²) in [6, 6.07) is 9.64. The maximum Gasteiger partial charge on any atom is 0.223 e. The van der Waals surface area contributed by atoms with Gasteiger partial charge in [0.15, 0.2) is 9.84 Å². The van der Waals surface area contributed by atoms with E-state index in [1.165, 1.54) is 26.4 Å². The van der Waals surface area contributed by atoms with Gasteiger partial charge in [0.25, 0.3) is 0 Å². The number of phenols is 1. The van der Waals surface area contributed by atoms with Crippen LogP contribution in [0, 0.1) is 11.8 Å². The first-order valence-corrected chi connectivity index (χ1v) is 12.9. The Bertz CT molecular complexity index is 1100. The summed E-state index contributed by atoms with van der Waals surface area (Å²) in [5.74, 6) is 0.890. The molecule has 1 saturated heterocycles. The molecule has 2 aromatic carbocycles. The number of ether oxygens (including phenoxy) is 2. The average molecular weight is 476 g/mol. The Morgan fingerprint density at radius 1 is 1.12 bits per heavy atom. The number of methoxy groups -OCH3 is 2. The van der Waals surface area contributed by atoms with Crippen molar-refractivity contribution >= 4 is 15.7 Å². The molecule has 1 heterocycles. The lowest BCUT2D eigenvalue weighted by Gasteiger charge is -2.36. The summed E-state index contributed by atoms with van der Waals surface area (Å²) in [5, 5.41) is 10.9. The smallest absolute Gasteiger partial charge is 0.223 e. The second-order valence-electron chi connectivity index (χ2n) is 9.11. The first-order chi connectivity index (χ1) is 15.5. The summed E-state index contributed by atoms with van der Waals surface area (Å²) in [6.45, 7) is 5.65. The average Bonchev–Trinajstić information content (AvgIpc) is 2.76. The van der Waals surface area contributed by atoms with E-state index in [9.17, 15) is 18.3 Å². The van der Waals surface area contributed by atoms with Crippen molar-refractivity contribution < 1.29 is 27.8 Å². The van der Waals surface area contributed by atoms with Gasteiger partial charge in [0.1, 0.15) is 17.2 Å². The molecule has 1 aliphatic heterocycles. The predicted molar refractivity (Wildman–Crippen MR) is 127 cm³/mol. The van der Waals surface area contributed by atoms with Gasteiger partial charge in [-0.1, -0.05) is 26.0 Å². The van der Waals surface area contributed by atoms with Gasteiger partial charge in [-0.15, -0.1) is 0 Å². The van der Waals surface area contributed by atoms with Crippen LogP contribution in [-0.2, 0) is 14.6 Å². The van der Waals surface area contributed by atoms with E-state index in [4.69, 9.17) is 9.47 Å². The third-order valence-electron chi connectivity index (χ3n) is 6.19. The number of carbonyl (C=O) groups is 1. The van der Waals surface area contributed by atoms with Crippen molar-refractivity contribution in [2.45, 2.75) is 37.5 Å². The van der Waals surface area contributed by atoms with Crippen LogP contribution in [-0.4, -0.2) is 57.9 Å². The molecule has 0 radical (unpaired) electrons. The maximum absolute atomic E-state index is 13.4. The molecule has 1 aliphatic rings. The minimum atomic E-state index is -3.45. The molecule has 0 spiro atoms. The number of benzene rings is 2. The molecule has 33 heavy (non-hydrogen) atoms. The highest BCUT2D eigenvalue weighted by Crippen LogP contribution is 2.43. The van der Waals surface area contributed by atoms with Gasteiger partial charge in [0, 0.05) is 49.4 Å². The molecule has 0 aromatic heterocycles. The molecule has 1 N–H and O–H groups in total. The number of hydrogen-bond acceptors (Lipinski definition) is 6. The SMILES string of the molecule is COc1cc(O)c(C(CC(=O)N2CC(C)CC(C)C2)c2cccc(S(C)(=O)=O)c2)c(OC)c1. The maximum atomic E-state index is 13.4. The Labute approximate surface area is 196 Å². The van der Waals surface area contributed by atoms with Crippen molar-refractivity contribution in [1.29, 1.82) is 0 Å². The summed E-state index contributed by atoms with van der Waals surface area (Å²) >= 11 is 0. The van der Waals surface area contributed by atoms with E-state index >= 15 is 0 Å². The van der Waals surface area contributed by atoms with Crippen LogP contribution in [0.5, 0.6) is 17.2 Å². The number of sulfone groups is 1. The van der Waals surface area contributed by atoms with Crippen LogP contribution in [0.25, 0.3) is 0 Å². The molecule has 0 aliphatic carbocycles. The lowest BCUT2D eigenvalue weighted by Crippen LogP contribution is -2.43. The fourth-order valence-corrected chi connectivity index (χ4v) is 5.42. The van der Waals surface area contributed by atoms with Gasteiger partial charge >= 0.3 is 0 Å². The van der Waals surface area contributed by atoms with Crippen molar-refractivity contribution in [3.05, 3.63) is 47.5 Å². The van der Waals surface area contributed by atoms with E-state index in [-0.39, 0.29) is 23.0 Å². The number of carbonyl (C=O) groups excluding carboxylic acids is 1. The van der Waals surface area contributed by atoms with Crippen LogP contribution < -0.4 is 9.47 Å². The molecule has 2 aromatic rings. The minimum Gasteiger partial charge on any atom is -0.507 e. The molecule has 0 saturated carbocycles. The number of hydrogen-bond donors (Lipinski definition) is 1. The Balaban J connectivity index is 2.09. The van der Waals surface area contributed by atoms with Gasteiger partial charge in [-0.3, -0.25) is 4.79 Å². The van der Waals surface area contributed by atoms with Gasteiger partial charge in [-0.2, -0.15) is 0 Å². The third-order valence-corrected chi connectivity index (χ3v) is 7.30. The topological polar surface area (TPSA) is 93.1 Å². The highest BCUT2D eigenvalue weighted by Gasteiger charge is 2.31. The monoisotopic (exact) mass is 475 g/mol. The second kappa shape index (κ2) is 10.0. The number of phenolic OH excluding ortho intramolecular Hbond substituents is 1. The molecular formula is C25H33NO6S. The van der Waals surface area contributed by atoms with Crippen LogP contribution in [0.1, 0.15) is 43.7 Å². The molecule has 3 atom stereocenters. The summed E-state index contributed by atoms with van der Waals surface area (Å²) in [4.78, 5) is 15.5. The molecule has 3 rings (SSSR count). The number of amides is 1. The minimum absolute atomic E-state index is 0.0413. The molecule has 0 bridgehead atoms. The van der Waals surface area contributed by atoms with Crippen molar-refractivity contribution in [3.63, 3.8) is 0 Å². The summed E-state index contributed by atoms with van der Waals surface area (Å²) in [6.07, 6.45) is 2.30. The predicted octanol–water partition coefficient (Wildman–Crippen LogP) is 3.84. The third kappa shape index (κ3) is 5.79. The lowest BCUT2D eigenvalue weighted by molar-refractivity contribution is -0.134. The molecular weight excluding hydrogens is 442 g/mol. The number of likely N-dealkylation sites (tertiary alicyclic amines) is 1. The Kier molecular flexibility index (Phi) is 7.57. The van der Waals surface area contributed by atoms with Crippen LogP contribution in [0.2, 0.25) is 0 Å². The first kappa shape index (κ1) is 24.9. The lowest BCUT2D eigenvalue weighted by atomic mass is 9.85. The Morgan fingerprint density at radius 3 is 2.36 bits per heavy atom. The van der Waals surface area contributed by atoms with Gasteiger partial charge in [-0.25, -0.2) is 8.42 Å². The largest absolute Gasteiger partial charge is 0.507 e. The fraction of sp³-hybridized carbons (Fsp3) is 0.480. The van der Waals surface area contributed by atoms with Gasteiger partial charge in [-0.05, 0) is 36.0 Å². The normalized spacial score (nSPS) is 19.7. The zero-order valence-corrected chi connectivity index (χ0v) is 20.7. The summed E-state index contributed by atoms with van der Waals surface area (Å²) < 4.78 is 35.2. The number of nitrogens with zero attached hydrogens (tertiary/aromatic N) is 1. The van der Waals surface area contributed by atoms with Gasteiger partial charge in [0.2, 0.25) is 5.91 Å². The Morgan fingerprint density at radius 2 is 1.79 bits per heavy atom. The summed E-state index contributed by atoms with van der Waals surface area (Å²) in [5.41, 5.74) is 1.04. The molecule has 1 fully saturated rings. The fourth-order valence-electron chi connectivity index (χ4n) is 4.74. The van der Waals surface area contributed by atoms with E-state index in [1.807, 2.05) is 4.90 Å². The number of aromatic hydroxyl groups is 1. The second-order valence-corrected chi connectivity index (χ2v) is 11.1. The van der Waals surface area contributed by atoms with E-state index in [1.54, 1.807) is 24.3 Å². The Hall–Kier alpha value is -2.74. The quantitative estimate of drug-likeness (QED) is 0.654. The van der Waals surface area contributed by atoms with Gasteiger partial charge in [0.05, 0.1) is 19.1 Å². The number of piperidine rings is 1. The van der Waals surface area contributed by atoms with Crippen LogP contribution >= 0.6 is 0 Å². The van der Waals surface area contributed by atoms with Crippen molar-refractivity contribution in [3.8, 4) is 17.2 Å². The van der Waals surface area contributed by atoms with Gasteiger partial charge < -0.3 is 19.5 Å². The number of rotatable bonds is 7. The summed E-state index contributed by atoms with van der Waals surface area (Å²) in [7, 11) is -0.477. The van der Waals surface area contributed by atoms with Crippen LogP contribution in [0.4, 0.5) is 0 Å². The highest BCUT2D eigenvalue weighted by molar-refractivity contribution is 7.90. The molecule has 1 amide bonds. The first-order valence-electron chi connectivity index (χ1n) is 11.1. The van der Waals surface area contributed by atoms with Crippen molar-refractivity contribution in [2.75, 3.05) is 33.6 Å². The molecule has 7 nitrogen and oxygen atoms in total. The van der Waals surface area contributed by atoms with E-state index in [0.29, 0.717) is 47.6 Å². The standard InChI is InChI=1S/C25H33NO6S/c1-16-9-17(2)15-26(14-16)24(28)13-21(18-7-6-8-20(10-18)33(5,29)30)25-22(27)11-19(31-3)12-23(25)32-4/h6-8,10-12,16-17,21,27H,9,13-15H2,1-5H3. The van der Waals surface area contributed by atoms with E-state index in [2.05, 4.69) is 13.8 Å². The van der Waals surface area contributed by atoms with E-state index in [0.717, 1.165) is 12.7 Å². The van der Waals surface area contributed by atoms with Crippen molar-refractivity contribution in [2.24, 2.45) is 11.8 Å². The highest BCUT2D eigenvalue weighted by atomic mass is 32.2.